The summed E-state index contributed by atoms with van der Waals surface area (Å²) in [4.78, 5) is 22.5. The number of hydrogen-bond acceptors (Lipinski definition) is 4. The molecule has 0 saturated carbocycles. The van der Waals surface area contributed by atoms with Gasteiger partial charge in [0, 0.05) is 26.6 Å². The van der Waals surface area contributed by atoms with Crippen molar-refractivity contribution in [2.24, 2.45) is 0 Å². The lowest BCUT2D eigenvalue weighted by molar-refractivity contribution is -0.122. The third kappa shape index (κ3) is 3.57. The number of carbonyl (C=O) groups is 2. The summed E-state index contributed by atoms with van der Waals surface area (Å²) in [5, 5.41) is 5.80. The molecule has 1 saturated heterocycles. The first-order chi connectivity index (χ1) is 9.74. The van der Waals surface area contributed by atoms with Gasteiger partial charge < -0.3 is 20.2 Å². The molecule has 0 aliphatic carbocycles. The van der Waals surface area contributed by atoms with Gasteiger partial charge in [-0.15, -0.1) is 0 Å². The van der Waals surface area contributed by atoms with Gasteiger partial charge in [-0.1, -0.05) is 12.1 Å². The highest BCUT2D eigenvalue weighted by molar-refractivity contribution is 5.83. The van der Waals surface area contributed by atoms with E-state index >= 15 is 0 Å². The molecule has 5 heteroatoms. The molecule has 1 fully saturated rings. The van der Waals surface area contributed by atoms with Crippen LogP contribution in [0.1, 0.15) is 24.3 Å². The van der Waals surface area contributed by atoms with E-state index in [0.29, 0.717) is 12.8 Å². The number of likely N-dealkylation sites (N-methyl/N-ethyl adjacent to an activating group) is 1. The molecule has 0 bridgehead atoms. The molecule has 108 valence electrons. The standard InChI is InChI=1S/C15H20N2O3/c1-16-15(19)14(6-3-7-18)11-4-2-5-12(8-11)20-13-9-17-10-13/h2,4-5,7-8,13-14,17H,3,6,9-10H2,1H3,(H,16,19). The Bertz CT molecular complexity index is 472. The minimum Gasteiger partial charge on any atom is -0.488 e. The first kappa shape index (κ1) is 14.5. The molecule has 1 aromatic rings. The Hall–Kier alpha value is -1.88. The van der Waals surface area contributed by atoms with E-state index in [1.165, 1.54) is 0 Å². The van der Waals surface area contributed by atoms with Crippen molar-refractivity contribution >= 4 is 12.2 Å². The largest absolute Gasteiger partial charge is 0.488 e. The lowest BCUT2D eigenvalue weighted by Gasteiger charge is -2.28. The molecule has 1 heterocycles. The Morgan fingerprint density at radius 1 is 1.55 bits per heavy atom. The van der Waals surface area contributed by atoms with Crippen molar-refractivity contribution in [2.75, 3.05) is 20.1 Å². The first-order valence-corrected chi connectivity index (χ1v) is 6.87. The molecule has 1 aliphatic rings. The van der Waals surface area contributed by atoms with Crippen LogP contribution in [0.5, 0.6) is 5.75 Å². The number of nitrogens with one attached hydrogen (secondary N) is 2. The minimum atomic E-state index is -0.312. The molecule has 0 spiro atoms. The number of hydrogen-bond donors (Lipinski definition) is 2. The first-order valence-electron chi connectivity index (χ1n) is 6.87. The van der Waals surface area contributed by atoms with Crippen LogP contribution in [-0.2, 0) is 9.59 Å². The molecular weight excluding hydrogens is 256 g/mol. The average Bonchev–Trinajstić information content (AvgIpc) is 2.43. The van der Waals surface area contributed by atoms with E-state index in [0.717, 1.165) is 30.7 Å². The summed E-state index contributed by atoms with van der Waals surface area (Å²) >= 11 is 0. The second-order valence-electron chi connectivity index (χ2n) is 4.88. The van der Waals surface area contributed by atoms with Crippen molar-refractivity contribution in [1.82, 2.24) is 10.6 Å². The molecule has 5 nitrogen and oxygen atoms in total. The zero-order chi connectivity index (χ0) is 14.4. The van der Waals surface area contributed by atoms with Crippen molar-refractivity contribution in [1.29, 1.82) is 0 Å². The number of carbonyl (C=O) groups excluding carboxylic acids is 2. The average molecular weight is 276 g/mol. The molecule has 0 aromatic heterocycles. The van der Waals surface area contributed by atoms with E-state index in [9.17, 15) is 9.59 Å². The zero-order valence-electron chi connectivity index (χ0n) is 11.6. The normalized spacial score (nSPS) is 16.1. The lowest BCUT2D eigenvalue weighted by Crippen LogP contribution is -2.50. The third-order valence-electron chi connectivity index (χ3n) is 3.44. The molecule has 1 amide bonds. The summed E-state index contributed by atoms with van der Waals surface area (Å²) in [5.74, 6) is 0.386. The highest BCUT2D eigenvalue weighted by Crippen LogP contribution is 2.25. The summed E-state index contributed by atoms with van der Waals surface area (Å²) in [6.45, 7) is 1.71. The van der Waals surface area contributed by atoms with Gasteiger partial charge in [0.2, 0.25) is 5.91 Å². The molecule has 1 aromatic carbocycles. The quantitative estimate of drug-likeness (QED) is 0.724. The van der Waals surface area contributed by atoms with E-state index in [4.69, 9.17) is 4.74 Å². The van der Waals surface area contributed by atoms with Gasteiger partial charge in [-0.05, 0) is 24.1 Å². The molecule has 1 aliphatic heterocycles. The van der Waals surface area contributed by atoms with Crippen LogP contribution in [0.3, 0.4) is 0 Å². The molecule has 1 unspecified atom stereocenters. The van der Waals surface area contributed by atoms with Gasteiger partial charge in [-0.2, -0.15) is 0 Å². The summed E-state index contributed by atoms with van der Waals surface area (Å²) in [5.41, 5.74) is 0.885. The van der Waals surface area contributed by atoms with Crippen molar-refractivity contribution in [3.05, 3.63) is 29.8 Å². The SMILES string of the molecule is CNC(=O)C(CCC=O)c1cccc(OC2CNC2)c1. The maximum atomic E-state index is 11.9. The highest BCUT2D eigenvalue weighted by Gasteiger charge is 2.21. The number of ether oxygens (including phenoxy) is 1. The molecule has 0 radical (unpaired) electrons. The maximum absolute atomic E-state index is 11.9. The monoisotopic (exact) mass is 276 g/mol. The van der Waals surface area contributed by atoms with Crippen molar-refractivity contribution in [2.45, 2.75) is 24.9 Å². The Morgan fingerprint density at radius 3 is 2.95 bits per heavy atom. The summed E-state index contributed by atoms with van der Waals surface area (Å²) in [6.07, 6.45) is 1.93. The highest BCUT2D eigenvalue weighted by atomic mass is 16.5. The van der Waals surface area contributed by atoms with Crippen LogP contribution in [0.2, 0.25) is 0 Å². The van der Waals surface area contributed by atoms with Gasteiger partial charge in [0.15, 0.2) is 0 Å². The predicted octanol–water partition coefficient (Wildman–Crippen LogP) is 0.846. The van der Waals surface area contributed by atoms with E-state index in [-0.39, 0.29) is 17.9 Å². The lowest BCUT2D eigenvalue weighted by atomic mass is 9.93. The van der Waals surface area contributed by atoms with Crippen LogP contribution in [-0.4, -0.2) is 38.4 Å². The third-order valence-corrected chi connectivity index (χ3v) is 3.44. The fourth-order valence-corrected chi connectivity index (χ4v) is 2.20. The molecule has 2 N–H and O–H groups in total. The van der Waals surface area contributed by atoms with Crippen LogP contribution in [0.15, 0.2) is 24.3 Å². The van der Waals surface area contributed by atoms with Gasteiger partial charge in [-0.25, -0.2) is 0 Å². The molecule has 2 rings (SSSR count). The Morgan fingerprint density at radius 2 is 2.35 bits per heavy atom. The Kier molecular flexibility index (Phi) is 5.12. The topological polar surface area (TPSA) is 67.4 Å². The minimum absolute atomic E-state index is 0.0747. The number of benzene rings is 1. The van der Waals surface area contributed by atoms with Crippen LogP contribution >= 0.6 is 0 Å². The van der Waals surface area contributed by atoms with Crippen molar-refractivity contribution in [3.63, 3.8) is 0 Å². The predicted molar refractivity (Wildman–Crippen MR) is 75.8 cm³/mol. The summed E-state index contributed by atoms with van der Waals surface area (Å²) in [6, 6.07) is 7.57. The van der Waals surface area contributed by atoms with E-state index < -0.39 is 0 Å². The molecular formula is C15H20N2O3. The molecule has 1 atom stereocenters. The van der Waals surface area contributed by atoms with Gasteiger partial charge in [0.1, 0.15) is 18.1 Å². The second kappa shape index (κ2) is 7.05. The van der Waals surface area contributed by atoms with Crippen LogP contribution in [0.4, 0.5) is 0 Å². The zero-order valence-corrected chi connectivity index (χ0v) is 11.6. The van der Waals surface area contributed by atoms with Crippen molar-refractivity contribution in [3.8, 4) is 5.75 Å². The maximum Gasteiger partial charge on any atom is 0.227 e. The fraction of sp³-hybridized carbons (Fsp3) is 0.467. The van der Waals surface area contributed by atoms with Crippen molar-refractivity contribution < 1.29 is 14.3 Å². The number of amides is 1. The van der Waals surface area contributed by atoms with E-state index in [1.54, 1.807) is 7.05 Å². The van der Waals surface area contributed by atoms with Gasteiger partial charge in [0.05, 0.1) is 5.92 Å². The molecule has 20 heavy (non-hydrogen) atoms. The van der Waals surface area contributed by atoms with Gasteiger partial charge >= 0.3 is 0 Å². The van der Waals surface area contributed by atoms with Gasteiger partial charge in [0.25, 0.3) is 0 Å². The number of aldehydes is 1. The summed E-state index contributed by atoms with van der Waals surface area (Å²) in [7, 11) is 1.61. The fourth-order valence-electron chi connectivity index (χ4n) is 2.20. The number of rotatable bonds is 7. The van der Waals surface area contributed by atoms with E-state index in [2.05, 4.69) is 10.6 Å². The smallest absolute Gasteiger partial charge is 0.227 e. The Labute approximate surface area is 118 Å². The Balaban J connectivity index is 2.11. The van der Waals surface area contributed by atoms with Crippen LogP contribution < -0.4 is 15.4 Å². The van der Waals surface area contributed by atoms with Crippen LogP contribution in [0.25, 0.3) is 0 Å². The van der Waals surface area contributed by atoms with Gasteiger partial charge in [-0.3, -0.25) is 4.79 Å². The second-order valence-corrected chi connectivity index (χ2v) is 4.88. The van der Waals surface area contributed by atoms with Crippen LogP contribution in [0, 0.1) is 0 Å². The summed E-state index contributed by atoms with van der Waals surface area (Å²) < 4.78 is 5.80. The van der Waals surface area contributed by atoms with E-state index in [1.807, 2.05) is 24.3 Å².